The van der Waals surface area contributed by atoms with Crippen LogP contribution in [0.5, 0.6) is 0 Å². The van der Waals surface area contributed by atoms with Crippen molar-refractivity contribution >= 4 is 17.4 Å². The van der Waals surface area contributed by atoms with Crippen LogP contribution >= 0.6 is 11.6 Å². The van der Waals surface area contributed by atoms with Crippen LogP contribution in [-0.4, -0.2) is 35.5 Å². The van der Waals surface area contributed by atoms with Crippen molar-refractivity contribution in [2.24, 2.45) is 5.41 Å². The Kier molecular flexibility index (Phi) is 6.13. The van der Waals surface area contributed by atoms with Crippen molar-refractivity contribution in [2.45, 2.75) is 32.7 Å². The number of Topliss-reactive ketones (excluding diaryl/α,β-unsaturated/α-hetero) is 1. The van der Waals surface area contributed by atoms with Crippen molar-refractivity contribution in [1.82, 2.24) is 4.90 Å². The van der Waals surface area contributed by atoms with Crippen molar-refractivity contribution in [2.75, 3.05) is 19.7 Å². The van der Waals surface area contributed by atoms with Gasteiger partial charge in [0.25, 0.3) is 0 Å². The average molecular weight is 372 g/mol. The Hall–Kier alpha value is -1.68. The van der Waals surface area contributed by atoms with Gasteiger partial charge in [0, 0.05) is 23.7 Å². The molecule has 0 bridgehead atoms. The molecule has 1 aliphatic heterocycles. The van der Waals surface area contributed by atoms with Crippen LogP contribution in [0.2, 0.25) is 5.02 Å². The number of hydrogen-bond donors (Lipinski definition) is 1. The predicted octanol–water partition coefficient (Wildman–Crippen LogP) is 4.36. The first-order valence-electron chi connectivity index (χ1n) is 9.17. The van der Waals surface area contributed by atoms with Crippen LogP contribution in [-0.2, 0) is 13.0 Å². The van der Waals surface area contributed by atoms with Gasteiger partial charge in [-0.3, -0.25) is 9.69 Å². The third-order valence-corrected chi connectivity index (χ3v) is 5.74. The molecule has 1 heterocycles. The first-order chi connectivity index (χ1) is 12.5. The van der Waals surface area contributed by atoms with E-state index in [1.54, 1.807) is 6.92 Å². The van der Waals surface area contributed by atoms with Crippen molar-refractivity contribution in [1.29, 1.82) is 0 Å². The molecule has 1 fully saturated rings. The molecule has 138 valence electrons. The van der Waals surface area contributed by atoms with Gasteiger partial charge in [-0.15, -0.1) is 0 Å². The Labute approximate surface area is 160 Å². The fourth-order valence-corrected chi connectivity index (χ4v) is 3.88. The molecular formula is C22H26ClNO2. The summed E-state index contributed by atoms with van der Waals surface area (Å²) in [5, 5.41) is 10.8. The molecule has 3 nitrogen and oxygen atoms in total. The number of carbonyl (C=O) groups is 1. The number of hydrogen-bond acceptors (Lipinski definition) is 3. The minimum Gasteiger partial charge on any atom is -0.396 e. The summed E-state index contributed by atoms with van der Waals surface area (Å²) < 4.78 is 0. The van der Waals surface area contributed by atoms with E-state index in [-0.39, 0.29) is 17.8 Å². The molecule has 0 aromatic heterocycles. The minimum absolute atomic E-state index is 0.0500. The molecule has 3 rings (SSSR count). The normalized spacial score (nSPS) is 17.2. The Bertz CT molecular complexity index is 749. The van der Waals surface area contributed by atoms with Crippen molar-refractivity contribution < 1.29 is 9.90 Å². The van der Waals surface area contributed by atoms with E-state index < -0.39 is 0 Å². The lowest BCUT2D eigenvalue weighted by atomic mass is 9.74. The van der Waals surface area contributed by atoms with Gasteiger partial charge in [-0.2, -0.15) is 0 Å². The number of rotatable bonds is 6. The molecule has 0 atom stereocenters. The second-order valence-electron chi connectivity index (χ2n) is 7.49. The number of benzene rings is 2. The van der Waals surface area contributed by atoms with Crippen LogP contribution in [0.15, 0.2) is 48.5 Å². The summed E-state index contributed by atoms with van der Waals surface area (Å²) >= 11 is 5.97. The highest BCUT2D eigenvalue weighted by molar-refractivity contribution is 6.30. The van der Waals surface area contributed by atoms with Gasteiger partial charge in [0.1, 0.15) is 0 Å². The predicted molar refractivity (Wildman–Crippen MR) is 106 cm³/mol. The summed E-state index contributed by atoms with van der Waals surface area (Å²) in [6, 6.07) is 15.8. The molecule has 2 aromatic rings. The van der Waals surface area contributed by atoms with Crippen molar-refractivity contribution in [3.05, 3.63) is 70.2 Å². The van der Waals surface area contributed by atoms with E-state index in [0.717, 1.165) is 49.5 Å². The van der Waals surface area contributed by atoms with E-state index >= 15 is 0 Å². The molecule has 0 spiro atoms. The Morgan fingerprint density at radius 2 is 1.81 bits per heavy atom. The lowest BCUT2D eigenvalue weighted by Gasteiger charge is -2.41. The third-order valence-electron chi connectivity index (χ3n) is 5.48. The molecule has 4 heteroatoms. The lowest BCUT2D eigenvalue weighted by Crippen LogP contribution is -2.42. The summed E-state index contributed by atoms with van der Waals surface area (Å²) in [5.74, 6) is 0.104. The van der Waals surface area contributed by atoms with Gasteiger partial charge in [0.05, 0.1) is 0 Å². The number of ketones is 1. The molecule has 0 amide bonds. The number of halogens is 1. The van der Waals surface area contributed by atoms with Crippen LogP contribution in [0.4, 0.5) is 0 Å². The van der Waals surface area contributed by atoms with Gasteiger partial charge in [0.2, 0.25) is 0 Å². The third kappa shape index (κ3) is 4.73. The lowest BCUT2D eigenvalue weighted by molar-refractivity contribution is 0.0413. The van der Waals surface area contributed by atoms with Gasteiger partial charge >= 0.3 is 0 Å². The standard InChI is InChI=1S/C22H26ClNO2/c1-17(26)20-4-2-3-19(13-20)15-24-11-9-22(16-25,10-12-24)14-18-5-7-21(23)8-6-18/h2-8,13,25H,9-12,14-16H2,1H3. The Morgan fingerprint density at radius 3 is 2.42 bits per heavy atom. The second-order valence-corrected chi connectivity index (χ2v) is 7.93. The van der Waals surface area contributed by atoms with E-state index in [2.05, 4.69) is 23.1 Å². The van der Waals surface area contributed by atoms with E-state index in [4.69, 9.17) is 11.6 Å². The summed E-state index contributed by atoms with van der Waals surface area (Å²) in [4.78, 5) is 14.0. The summed E-state index contributed by atoms with van der Waals surface area (Å²) in [5.41, 5.74) is 3.12. The van der Waals surface area contributed by atoms with Gasteiger partial charge in [-0.05, 0) is 74.0 Å². The molecule has 0 unspecified atom stereocenters. The molecule has 1 saturated heterocycles. The maximum absolute atomic E-state index is 11.6. The van der Waals surface area contributed by atoms with Crippen LogP contribution in [0.1, 0.15) is 41.3 Å². The van der Waals surface area contributed by atoms with Crippen LogP contribution < -0.4 is 0 Å². The van der Waals surface area contributed by atoms with Crippen LogP contribution in [0.3, 0.4) is 0 Å². The van der Waals surface area contributed by atoms with E-state index in [1.165, 1.54) is 11.1 Å². The van der Waals surface area contributed by atoms with E-state index in [1.807, 2.05) is 30.3 Å². The molecular weight excluding hydrogens is 346 g/mol. The van der Waals surface area contributed by atoms with Gasteiger partial charge in [0.15, 0.2) is 5.78 Å². The fourth-order valence-electron chi connectivity index (χ4n) is 3.76. The van der Waals surface area contributed by atoms with E-state index in [0.29, 0.717) is 0 Å². The number of nitrogens with zero attached hydrogens (tertiary/aromatic N) is 1. The minimum atomic E-state index is -0.0500. The van der Waals surface area contributed by atoms with Crippen molar-refractivity contribution in [3.63, 3.8) is 0 Å². The van der Waals surface area contributed by atoms with Gasteiger partial charge < -0.3 is 5.11 Å². The molecule has 0 saturated carbocycles. The SMILES string of the molecule is CC(=O)c1cccc(CN2CCC(CO)(Cc3ccc(Cl)cc3)CC2)c1. The fraction of sp³-hybridized carbons (Fsp3) is 0.409. The second kappa shape index (κ2) is 8.34. The van der Waals surface area contributed by atoms with Crippen LogP contribution in [0.25, 0.3) is 0 Å². The zero-order valence-corrected chi connectivity index (χ0v) is 16.0. The van der Waals surface area contributed by atoms with Crippen molar-refractivity contribution in [3.8, 4) is 0 Å². The monoisotopic (exact) mass is 371 g/mol. The highest BCUT2D eigenvalue weighted by Crippen LogP contribution is 2.35. The first kappa shape index (κ1) is 19.1. The number of aliphatic hydroxyl groups excluding tert-OH is 1. The number of aliphatic hydroxyl groups is 1. The zero-order chi connectivity index (χ0) is 18.6. The summed E-state index contributed by atoms with van der Waals surface area (Å²) in [6.45, 7) is 4.58. The number of carbonyl (C=O) groups excluding carboxylic acids is 1. The molecule has 26 heavy (non-hydrogen) atoms. The maximum Gasteiger partial charge on any atom is 0.159 e. The average Bonchev–Trinajstić information content (AvgIpc) is 2.65. The largest absolute Gasteiger partial charge is 0.396 e. The molecule has 0 radical (unpaired) electrons. The van der Waals surface area contributed by atoms with Gasteiger partial charge in [-0.1, -0.05) is 41.9 Å². The Morgan fingerprint density at radius 1 is 1.12 bits per heavy atom. The highest BCUT2D eigenvalue weighted by Gasteiger charge is 2.34. The van der Waals surface area contributed by atoms with Gasteiger partial charge in [-0.25, -0.2) is 0 Å². The molecule has 1 N–H and O–H groups in total. The zero-order valence-electron chi connectivity index (χ0n) is 15.2. The maximum atomic E-state index is 11.6. The molecule has 2 aromatic carbocycles. The smallest absolute Gasteiger partial charge is 0.159 e. The summed E-state index contributed by atoms with van der Waals surface area (Å²) in [6.07, 6.45) is 2.82. The first-order valence-corrected chi connectivity index (χ1v) is 9.55. The highest BCUT2D eigenvalue weighted by atomic mass is 35.5. The quantitative estimate of drug-likeness (QED) is 0.767. The Balaban J connectivity index is 1.61. The molecule has 1 aliphatic rings. The molecule has 0 aliphatic carbocycles. The number of piperidine rings is 1. The number of likely N-dealkylation sites (tertiary alicyclic amines) is 1. The topological polar surface area (TPSA) is 40.5 Å². The van der Waals surface area contributed by atoms with Crippen LogP contribution in [0, 0.1) is 5.41 Å². The van der Waals surface area contributed by atoms with E-state index in [9.17, 15) is 9.90 Å². The summed E-state index contributed by atoms with van der Waals surface area (Å²) in [7, 11) is 0.